The fraction of sp³-hybridized carbons (Fsp3) is 0.174. The molecule has 0 saturated carbocycles. The summed E-state index contributed by atoms with van der Waals surface area (Å²) in [4.78, 5) is 12.4. The van der Waals surface area contributed by atoms with Gasteiger partial charge in [-0.15, -0.1) is 0 Å². The Morgan fingerprint density at radius 1 is 0.968 bits per heavy atom. The van der Waals surface area contributed by atoms with Gasteiger partial charge in [0, 0.05) is 5.69 Å². The number of amides is 1. The minimum atomic E-state index is -3.83. The highest BCUT2D eigenvalue weighted by atomic mass is 32.2. The standard InChI is InChI=1S/C23H24N2O5S/c1-16-9-14-22(29-3)21(15-16)25-31(27,28)20-12-10-18(11-13-20)24-23(26)17(2)30-19-7-5-4-6-8-19/h4-15,17,25H,1-3H3,(H,24,26). The summed E-state index contributed by atoms with van der Waals surface area (Å²) in [5, 5.41) is 2.72. The molecule has 0 saturated heterocycles. The Labute approximate surface area is 182 Å². The van der Waals surface area contributed by atoms with Gasteiger partial charge in [-0.1, -0.05) is 24.3 Å². The second-order valence-electron chi connectivity index (χ2n) is 6.90. The van der Waals surface area contributed by atoms with Gasteiger partial charge in [-0.3, -0.25) is 9.52 Å². The summed E-state index contributed by atoms with van der Waals surface area (Å²) >= 11 is 0. The minimum absolute atomic E-state index is 0.0580. The van der Waals surface area contributed by atoms with Crippen LogP contribution in [0, 0.1) is 6.92 Å². The van der Waals surface area contributed by atoms with Crippen LogP contribution in [0.3, 0.4) is 0 Å². The van der Waals surface area contributed by atoms with Gasteiger partial charge in [0.25, 0.3) is 15.9 Å². The zero-order valence-electron chi connectivity index (χ0n) is 17.5. The Morgan fingerprint density at radius 3 is 2.29 bits per heavy atom. The van der Waals surface area contributed by atoms with Crippen LogP contribution >= 0.6 is 0 Å². The molecular weight excluding hydrogens is 416 g/mol. The van der Waals surface area contributed by atoms with Gasteiger partial charge in [0.2, 0.25) is 0 Å². The molecule has 31 heavy (non-hydrogen) atoms. The molecule has 0 heterocycles. The molecule has 3 aromatic rings. The van der Waals surface area contributed by atoms with Crippen LogP contribution < -0.4 is 19.5 Å². The maximum atomic E-state index is 12.8. The average molecular weight is 441 g/mol. The molecule has 1 amide bonds. The predicted molar refractivity (Wildman–Crippen MR) is 120 cm³/mol. The fourth-order valence-electron chi connectivity index (χ4n) is 2.82. The van der Waals surface area contributed by atoms with Crippen LogP contribution in [0.25, 0.3) is 0 Å². The molecule has 7 nitrogen and oxygen atoms in total. The van der Waals surface area contributed by atoms with E-state index in [1.807, 2.05) is 31.2 Å². The summed E-state index contributed by atoms with van der Waals surface area (Å²) < 4.78 is 38.9. The van der Waals surface area contributed by atoms with Gasteiger partial charge in [0.05, 0.1) is 17.7 Å². The second kappa shape index (κ2) is 9.53. The normalized spacial score (nSPS) is 12.0. The lowest BCUT2D eigenvalue weighted by molar-refractivity contribution is -0.122. The van der Waals surface area contributed by atoms with E-state index in [-0.39, 0.29) is 10.8 Å². The van der Waals surface area contributed by atoms with Crippen molar-refractivity contribution >= 4 is 27.3 Å². The smallest absolute Gasteiger partial charge is 0.265 e. The largest absolute Gasteiger partial charge is 0.495 e. The van der Waals surface area contributed by atoms with Crippen molar-refractivity contribution in [3.05, 3.63) is 78.4 Å². The van der Waals surface area contributed by atoms with Crippen molar-refractivity contribution in [1.82, 2.24) is 0 Å². The predicted octanol–water partition coefficient (Wildman–Crippen LogP) is 4.21. The van der Waals surface area contributed by atoms with Gasteiger partial charge in [0.15, 0.2) is 6.10 Å². The molecule has 0 aliphatic rings. The molecule has 1 atom stereocenters. The number of sulfonamides is 1. The number of carbonyl (C=O) groups is 1. The van der Waals surface area contributed by atoms with E-state index in [9.17, 15) is 13.2 Å². The summed E-state index contributed by atoms with van der Waals surface area (Å²) in [7, 11) is -2.36. The molecule has 0 radical (unpaired) electrons. The van der Waals surface area contributed by atoms with Crippen molar-refractivity contribution in [2.75, 3.05) is 17.1 Å². The lowest BCUT2D eigenvalue weighted by atomic mass is 10.2. The Hall–Kier alpha value is -3.52. The van der Waals surface area contributed by atoms with Crippen LogP contribution in [0.5, 0.6) is 11.5 Å². The van der Waals surface area contributed by atoms with Gasteiger partial charge in [-0.05, 0) is 67.9 Å². The van der Waals surface area contributed by atoms with Crippen molar-refractivity contribution < 1.29 is 22.7 Å². The van der Waals surface area contributed by atoms with Crippen LogP contribution in [0.15, 0.2) is 77.7 Å². The number of hydrogen-bond donors (Lipinski definition) is 2. The van der Waals surface area contributed by atoms with Gasteiger partial charge in [0.1, 0.15) is 11.5 Å². The van der Waals surface area contributed by atoms with Gasteiger partial charge in [-0.25, -0.2) is 8.42 Å². The Morgan fingerprint density at radius 2 is 1.65 bits per heavy atom. The van der Waals surface area contributed by atoms with Gasteiger partial charge < -0.3 is 14.8 Å². The van der Waals surface area contributed by atoms with E-state index in [1.165, 1.54) is 31.4 Å². The first-order valence-corrected chi connectivity index (χ1v) is 11.1. The lowest BCUT2D eigenvalue weighted by Crippen LogP contribution is -2.30. The third kappa shape index (κ3) is 5.76. The van der Waals surface area contributed by atoms with E-state index in [1.54, 1.807) is 31.2 Å². The maximum Gasteiger partial charge on any atom is 0.265 e. The number of nitrogens with one attached hydrogen (secondary N) is 2. The van der Waals surface area contributed by atoms with Crippen LogP contribution in [-0.2, 0) is 14.8 Å². The van der Waals surface area contributed by atoms with E-state index < -0.39 is 16.1 Å². The third-order valence-corrected chi connectivity index (χ3v) is 5.84. The quantitative estimate of drug-likeness (QED) is 0.547. The summed E-state index contributed by atoms with van der Waals surface area (Å²) in [5.41, 5.74) is 1.70. The van der Waals surface area contributed by atoms with E-state index >= 15 is 0 Å². The molecule has 2 N–H and O–H groups in total. The number of ether oxygens (including phenoxy) is 2. The molecule has 3 aromatic carbocycles. The Balaban J connectivity index is 1.68. The number of benzene rings is 3. The van der Waals surface area contributed by atoms with E-state index in [2.05, 4.69) is 10.0 Å². The molecule has 0 spiro atoms. The second-order valence-corrected chi connectivity index (χ2v) is 8.58. The van der Waals surface area contributed by atoms with Crippen molar-refractivity contribution in [1.29, 1.82) is 0 Å². The Kier molecular flexibility index (Phi) is 6.81. The zero-order chi connectivity index (χ0) is 22.4. The van der Waals surface area contributed by atoms with E-state index in [0.29, 0.717) is 22.9 Å². The number of anilines is 2. The molecule has 162 valence electrons. The van der Waals surface area contributed by atoms with Crippen LogP contribution in [0.2, 0.25) is 0 Å². The number of methoxy groups -OCH3 is 1. The molecule has 3 rings (SSSR count). The number of para-hydroxylation sites is 1. The molecule has 0 aliphatic carbocycles. The van der Waals surface area contributed by atoms with Crippen molar-refractivity contribution in [3.8, 4) is 11.5 Å². The molecule has 8 heteroatoms. The van der Waals surface area contributed by atoms with Crippen molar-refractivity contribution in [2.24, 2.45) is 0 Å². The monoisotopic (exact) mass is 440 g/mol. The molecule has 1 unspecified atom stereocenters. The number of carbonyl (C=O) groups excluding carboxylic acids is 1. The van der Waals surface area contributed by atoms with E-state index in [0.717, 1.165) is 5.56 Å². The lowest BCUT2D eigenvalue weighted by Gasteiger charge is -2.15. The molecular formula is C23H24N2O5S. The highest BCUT2D eigenvalue weighted by molar-refractivity contribution is 7.92. The summed E-state index contributed by atoms with van der Waals surface area (Å²) in [6.45, 7) is 3.50. The highest BCUT2D eigenvalue weighted by Gasteiger charge is 2.18. The topological polar surface area (TPSA) is 93.7 Å². The number of aryl methyl sites for hydroxylation is 1. The molecule has 0 fully saturated rings. The fourth-order valence-corrected chi connectivity index (χ4v) is 3.88. The molecule has 0 aromatic heterocycles. The summed E-state index contributed by atoms with van der Waals surface area (Å²) in [6.07, 6.45) is -0.721. The first-order chi connectivity index (χ1) is 14.8. The van der Waals surface area contributed by atoms with Crippen LogP contribution in [0.4, 0.5) is 11.4 Å². The van der Waals surface area contributed by atoms with Gasteiger partial charge >= 0.3 is 0 Å². The van der Waals surface area contributed by atoms with Crippen LogP contribution in [-0.4, -0.2) is 27.5 Å². The molecule has 0 aliphatic heterocycles. The number of rotatable bonds is 8. The van der Waals surface area contributed by atoms with Crippen molar-refractivity contribution in [2.45, 2.75) is 24.8 Å². The Bertz CT molecular complexity index is 1150. The van der Waals surface area contributed by atoms with Crippen LogP contribution in [0.1, 0.15) is 12.5 Å². The average Bonchev–Trinajstić information content (AvgIpc) is 2.74. The first-order valence-electron chi connectivity index (χ1n) is 9.58. The summed E-state index contributed by atoms with van der Waals surface area (Å²) in [6, 6.07) is 20.1. The number of hydrogen-bond acceptors (Lipinski definition) is 5. The maximum absolute atomic E-state index is 12.8. The first kappa shape index (κ1) is 22.2. The van der Waals surface area contributed by atoms with Crippen molar-refractivity contribution in [3.63, 3.8) is 0 Å². The minimum Gasteiger partial charge on any atom is -0.495 e. The molecule has 0 bridgehead atoms. The highest BCUT2D eigenvalue weighted by Crippen LogP contribution is 2.28. The van der Waals surface area contributed by atoms with Gasteiger partial charge in [-0.2, -0.15) is 0 Å². The summed E-state index contributed by atoms with van der Waals surface area (Å²) in [5.74, 6) is 0.664. The SMILES string of the molecule is COc1ccc(C)cc1NS(=O)(=O)c1ccc(NC(=O)C(C)Oc2ccccc2)cc1. The zero-order valence-corrected chi connectivity index (χ0v) is 18.3. The van der Waals surface area contributed by atoms with E-state index in [4.69, 9.17) is 9.47 Å². The third-order valence-electron chi connectivity index (χ3n) is 4.46.